The highest BCUT2D eigenvalue weighted by atomic mass is 127. The van der Waals surface area contributed by atoms with Gasteiger partial charge >= 0.3 is 0 Å². The van der Waals surface area contributed by atoms with E-state index in [0.717, 1.165) is 32.8 Å². The van der Waals surface area contributed by atoms with Gasteiger partial charge in [0.1, 0.15) is 5.01 Å². The normalized spacial score (nSPS) is 10.9. The zero-order valence-electron chi connectivity index (χ0n) is 14.3. The summed E-state index contributed by atoms with van der Waals surface area (Å²) in [6.07, 6.45) is 0. The molecule has 0 radical (unpaired) electrons. The van der Waals surface area contributed by atoms with Crippen molar-refractivity contribution in [1.82, 2.24) is 15.6 Å². The van der Waals surface area contributed by atoms with Gasteiger partial charge in [-0.2, -0.15) is 0 Å². The monoisotopic (exact) mass is 498 g/mol. The van der Waals surface area contributed by atoms with E-state index in [0.29, 0.717) is 13.1 Å². The Morgan fingerprint density at radius 2 is 1.85 bits per heavy atom. The van der Waals surface area contributed by atoms with Crippen molar-refractivity contribution in [3.63, 3.8) is 0 Å². The molecule has 26 heavy (non-hydrogen) atoms. The largest absolute Gasteiger partial charge is 0.352 e. The average molecular weight is 499 g/mol. The van der Waals surface area contributed by atoms with Gasteiger partial charge in [-0.25, -0.2) is 4.98 Å². The Bertz CT molecular complexity index is 852. The highest BCUT2D eigenvalue weighted by Crippen LogP contribution is 2.23. The quantitative estimate of drug-likeness (QED) is 0.297. The third kappa shape index (κ3) is 5.96. The van der Waals surface area contributed by atoms with Crippen molar-refractivity contribution >= 4 is 52.9 Å². The molecule has 3 aromatic rings. The fraction of sp³-hybridized carbons (Fsp3) is 0.158. The number of hydrogen-bond acceptors (Lipinski definition) is 3. The number of guanidine groups is 1. The molecule has 3 rings (SSSR count). The minimum absolute atomic E-state index is 0. The zero-order chi connectivity index (χ0) is 17.5. The summed E-state index contributed by atoms with van der Waals surface area (Å²) in [6.45, 7) is 1.28. The summed E-state index contributed by atoms with van der Waals surface area (Å²) in [7, 11) is 1.75. The van der Waals surface area contributed by atoms with Crippen LogP contribution in [0.25, 0.3) is 10.6 Å². The second kappa shape index (κ2) is 10.5. The lowest BCUT2D eigenvalue weighted by atomic mass is 10.2. The summed E-state index contributed by atoms with van der Waals surface area (Å²) in [5, 5.41) is 10.4. The van der Waals surface area contributed by atoms with E-state index in [1.807, 2.05) is 42.5 Å². The summed E-state index contributed by atoms with van der Waals surface area (Å²) < 4.78 is 0. The molecule has 0 aliphatic rings. The van der Waals surface area contributed by atoms with E-state index < -0.39 is 0 Å². The molecule has 0 saturated heterocycles. The highest BCUT2D eigenvalue weighted by Gasteiger charge is 2.05. The van der Waals surface area contributed by atoms with Crippen molar-refractivity contribution < 1.29 is 0 Å². The number of aliphatic imine (C=N–C) groups is 1. The molecular formula is C19H20ClIN4S. The summed E-state index contributed by atoms with van der Waals surface area (Å²) in [5.74, 6) is 0.731. The van der Waals surface area contributed by atoms with E-state index in [-0.39, 0.29) is 24.0 Å². The van der Waals surface area contributed by atoms with Crippen LogP contribution in [-0.4, -0.2) is 18.0 Å². The number of halogens is 2. The lowest BCUT2D eigenvalue weighted by molar-refractivity contribution is 0.798. The van der Waals surface area contributed by atoms with Crippen molar-refractivity contribution in [2.24, 2.45) is 4.99 Å². The Kier molecular flexibility index (Phi) is 8.34. The number of aromatic nitrogens is 1. The molecule has 4 nitrogen and oxygen atoms in total. The van der Waals surface area contributed by atoms with Crippen molar-refractivity contribution in [3.8, 4) is 10.6 Å². The van der Waals surface area contributed by atoms with Crippen LogP contribution in [0.3, 0.4) is 0 Å². The van der Waals surface area contributed by atoms with Gasteiger partial charge in [-0.1, -0.05) is 54.1 Å². The smallest absolute Gasteiger partial charge is 0.191 e. The molecular weight excluding hydrogens is 479 g/mol. The van der Waals surface area contributed by atoms with Crippen LogP contribution in [0, 0.1) is 0 Å². The Hall–Kier alpha value is -1.64. The fourth-order valence-electron chi connectivity index (χ4n) is 2.33. The Morgan fingerprint density at radius 3 is 2.58 bits per heavy atom. The van der Waals surface area contributed by atoms with Gasteiger partial charge in [0, 0.05) is 29.6 Å². The van der Waals surface area contributed by atoms with E-state index in [4.69, 9.17) is 11.6 Å². The molecule has 2 aromatic carbocycles. The number of nitrogens with one attached hydrogen (secondary N) is 2. The molecule has 0 amide bonds. The second-order valence-corrected chi connectivity index (χ2v) is 6.71. The Morgan fingerprint density at radius 1 is 1.08 bits per heavy atom. The molecule has 0 fully saturated rings. The number of thiazole rings is 1. The molecule has 0 atom stereocenters. The van der Waals surface area contributed by atoms with E-state index in [1.165, 1.54) is 0 Å². The molecule has 2 N–H and O–H groups in total. The van der Waals surface area contributed by atoms with Gasteiger partial charge < -0.3 is 10.6 Å². The molecule has 0 bridgehead atoms. The lowest BCUT2D eigenvalue weighted by Gasteiger charge is -2.11. The summed E-state index contributed by atoms with van der Waals surface area (Å²) in [6, 6.07) is 18.0. The van der Waals surface area contributed by atoms with Crippen LogP contribution in [0.5, 0.6) is 0 Å². The molecule has 7 heteroatoms. The fourth-order valence-corrected chi connectivity index (χ4v) is 3.37. The van der Waals surface area contributed by atoms with E-state index in [1.54, 1.807) is 18.4 Å². The number of rotatable bonds is 5. The minimum atomic E-state index is 0. The predicted octanol–water partition coefficient (Wildman–Crippen LogP) is 4.95. The van der Waals surface area contributed by atoms with Crippen LogP contribution in [0.4, 0.5) is 0 Å². The number of hydrogen-bond donors (Lipinski definition) is 2. The first kappa shape index (κ1) is 20.7. The standard InChI is InChI=1S/C19H19ClN4S.HI/c1-21-19(22-11-14-6-5-9-16(20)10-14)23-12-17-13-25-18(24-17)15-7-3-2-4-8-15;/h2-10,13H,11-12H2,1H3,(H2,21,22,23);1H. The van der Waals surface area contributed by atoms with Crippen LogP contribution in [0.1, 0.15) is 11.3 Å². The van der Waals surface area contributed by atoms with Crippen LogP contribution >= 0.6 is 46.9 Å². The van der Waals surface area contributed by atoms with Crippen LogP contribution in [-0.2, 0) is 13.1 Å². The van der Waals surface area contributed by atoms with Gasteiger partial charge in [0.05, 0.1) is 12.2 Å². The maximum absolute atomic E-state index is 6.01. The number of nitrogens with zero attached hydrogens (tertiary/aromatic N) is 2. The van der Waals surface area contributed by atoms with Crippen LogP contribution < -0.4 is 10.6 Å². The maximum atomic E-state index is 6.01. The van der Waals surface area contributed by atoms with Crippen molar-refractivity contribution in [1.29, 1.82) is 0 Å². The molecule has 0 saturated carbocycles. The first-order valence-corrected chi connectivity index (χ1v) is 9.19. The summed E-state index contributed by atoms with van der Waals surface area (Å²) in [5.41, 5.74) is 3.24. The summed E-state index contributed by atoms with van der Waals surface area (Å²) >= 11 is 7.66. The van der Waals surface area contributed by atoms with Gasteiger partial charge in [-0.3, -0.25) is 4.99 Å². The molecule has 0 aliphatic heterocycles. The molecule has 0 unspecified atom stereocenters. The van der Waals surface area contributed by atoms with Crippen molar-refractivity contribution in [2.45, 2.75) is 13.1 Å². The molecule has 0 aliphatic carbocycles. The first-order valence-electron chi connectivity index (χ1n) is 7.93. The summed E-state index contributed by atoms with van der Waals surface area (Å²) in [4.78, 5) is 8.92. The third-order valence-corrected chi connectivity index (χ3v) is 4.76. The van der Waals surface area contributed by atoms with Gasteiger partial charge in [-0.05, 0) is 17.7 Å². The van der Waals surface area contributed by atoms with Crippen molar-refractivity contribution in [3.05, 3.63) is 76.3 Å². The maximum Gasteiger partial charge on any atom is 0.191 e. The van der Waals surface area contributed by atoms with Crippen molar-refractivity contribution in [2.75, 3.05) is 7.05 Å². The molecule has 1 heterocycles. The molecule has 0 spiro atoms. The lowest BCUT2D eigenvalue weighted by Crippen LogP contribution is -2.36. The topological polar surface area (TPSA) is 49.3 Å². The van der Waals surface area contributed by atoms with E-state index in [2.05, 4.69) is 38.1 Å². The number of benzene rings is 2. The second-order valence-electron chi connectivity index (χ2n) is 5.42. The van der Waals surface area contributed by atoms with E-state index >= 15 is 0 Å². The van der Waals surface area contributed by atoms with Crippen LogP contribution in [0.15, 0.2) is 65.0 Å². The minimum Gasteiger partial charge on any atom is -0.352 e. The third-order valence-electron chi connectivity index (χ3n) is 3.58. The zero-order valence-corrected chi connectivity index (χ0v) is 18.2. The van der Waals surface area contributed by atoms with E-state index in [9.17, 15) is 0 Å². The highest BCUT2D eigenvalue weighted by molar-refractivity contribution is 14.0. The molecule has 1 aromatic heterocycles. The Balaban J connectivity index is 0.00000243. The Labute approximate surface area is 179 Å². The van der Waals surface area contributed by atoms with Gasteiger partial charge in [-0.15, -0.1) is 35.3 Å². The molecule has 136 valence electrons. The van der Waals surface area contributed by atoms with Gasteiger partial charge in [0.25, 0.3) is 0 Å². The van der Waals surface area contributed by atoms with Gasteiger partial charge in [0.15, 0.2) is 5.96 Å². The van der Waals surface area contributed by atoms with Gasteiger partial charge in [0.2, 0.25) is 0 Å². The van der Waals surface area contributed by atoms with Crippen LogP contribution in [0.2, 0.25) is 5.02 Å². The first-order chi connectivity index (χ1) is 12.2. The SMILES string of the molecule is CN=C(NCc1cccc(Cl)c1)NCc1csc(-c2ccccc2)n1.I. The predicted molar refractivity (Wildman–Crippen MR) is 121 cm³/mol. The average Bonchev–Trinajstić information content (AvgIpc) is 3.12.